The van der Waals surface area contributed by atoms with Crippen LogP contribution in [-0.2, 0) is 63.7 Å². The number of carboxylic acid groups (broad SMARTS) is 1. The van der Waals surface area contributed by atoms with Crippen molar-refractivity contribution in [2.45, 2.75) is 98.3 Å². The van der Waals surface area contributed by atoms with E-state index in [4.69, 9.17) is 60.6 Å². The Morgan fingerprint density at radius 1 is 0.814 bits per heavy atom. The number of thiophene rings is 1. The Hall–Kier alpha value is -6.76. The van der Waals surface area contributed by atoms with Crippen molar-refractivity contribution in [2.24, 2.45) is 16.1 Å². The van der Waals surface area contributed by atoms with Gasteiger partial charge in [-0.05, 0) is 61.9 Å². The van der Waals surface area contributed by atoms with Gasteiger partial charge in [-0.25, -0.2) is 14.6 Å². The molecule has 0 aliphatic carbocycles. The number of fused-ring (bicyclic) bond motifs is 3. The molecule has 0 radical (unpaired) electrons. The summed E-state index contributed by atoms with van der Waals surface area (Å²) in [4.78, 5) is 89.9. The fraction of sp³-hybridized carbons (Fsp3) is 0.509. The summed E-state index contributed by atoms with van der Waals surface area (Å²) in [6.45, 7) is 15.2. The number of aryl methyl sites for hydroxylation is 3. The van der Waals surface area contributed by atoms with Gasteiger partial charge in [-0.2, -0.15) is 13.2 Å². The van der Waals surface area contributed by atoms with Crippen molar-refractivity contribution in [3.8, 4) is 15.4 Å². The first-order valence-electron chi connectivity index (χ1n) is 27.5. The van der Waals surface area contributed by atoms with Crippen LogP contribution in [0.4, 0.5) is 13.2 Å². The Bertz CT molecular complexity index is 3130. The van der Waals surface area contributed by atoms with Gasteiger partial charge >= 0.3 is 18.1 Å². The Morgan fingerprint density at radius 2 is 1.43 bits per heavy atom. The second kappa shape index (κ2) is 32.3. The number of hydrogen-bond acceptors (Lipinski definition) is 19. The zero-order chi connectivity index (χ0) is 62.7. The Kier molecular flexibility index (Phi) is 25.7. The summed E-state index contributed by atoms with van der Waals surface area (Å²) in [6.07, 6.45) is -5.82. The van der Waals surface area contributed by atoms with Crippen molar-refractivity contribution >= 4 is 75.6 Å². The molecule has 0 saturated carbocycles. The Morgan fingerprint density at radius 3 is 2.05 bits per heavy atom. The van der Waals surface area contributed by atoms with E-state index in [1.807, 2.05) is 66.9 Å². The number of likely N-dealkylation sites (tertiary alicyclic amines) is 1. The van der Waals surface area contributed by atoms with Crippen LogP contribution in [0.3, 0.4) is 0 Å². The topological polar surface area (TPSA) is 299 Å². The number of carboxylic acids is 1. The first-order valence-corrected chi connectivity index (χ1v) is 29.5. The maximum absolute atomic E-state index is 14.5. The number of nitrogens with two attached hydrogens (primary N) is 1. The van der Waals surface area contributed by atoms with Crippen LogP contribution in [0.1, 0.15) is 84.1 Å². The highest BCUT2D eigenvalue weighted by atomic mass is 35.5. The quantitative estimate of drug-likeness (QED) is 0.0293. The van der Waals surface area contributed by atoms with Crippen LogP contribution in [-0.4, -0.2) is 181 Å². The highest BCUT2D eigenvalue weighted by Gasteiger charge is 2.46. The number of carbonyl (C=O) groups is 6. The van der Waals surface area contributed by atoms with Crippen LogP contribution < -0.4 is 21.7 Å². The number of carbonyl (C=O) groups excluding carboxylic acids is 5. The maximum Gasteiger partial charge on any atom is 0.490 e. The van der Waals surface area contributed by atoms with Gasteiger partial charge in [0.2, 0.25) is 23.6 Å². The summed E-state index contributed by atoms with van der Waals surface area (Å²) in [5, 5.41) is 26.2. The van der Waals surface area contributed by atoms with Gasteiger partial charge in [0.15, 0.2) is 5.82 Å². The molecule has 5 heterocycles. The largest absolute Gasteiger partial charge is 0.490 e. The Labute approximate surface area is 508 Å². The van der Waals surface area contributed by atoms with Crippen molar-refractivity contribution in [3.63, 3.8) is 0 Å². The minimum Gasteiger partial charge on any atom is -0.475 e. The van der Waals surface area contributed by atoms with Gasteiger partial charge in [0.05, 0.1) is 87.6 Å². The number of benzene rings is 2. The summed E-state index contributed by atoms with van der Waals surface area (Å²) >= 11 is 9.44. The Balaban J connectivity index is 0.00000159. The molecule has 5 aromatic rings. The molecule has 3 aromatic heterocycles. The number of halogens is 4. The molecule has 86 heavy (non-hydrogen) atoms. The van der Waals surface area contributed by atoms with Gasteiger partial charge in [-0.1, -0.05) is 68.8 Å². The van der Waals surface area contributed by atoms with Crippen LogP contribution in [0.25, 0.3) is 15.4 Å². The third-order valence-corrected chi connectivity index (χ3v) is 15.8. The van der Waals surface area contributed by atoms with E-state index in [9.17, 15) is 37.1 Å². The lowest BCUT2D eigenvalue weighted by Gasteiger charge is -2.35. The van der Waals surface area contributed by atoms with E-state index in [0.29, 0.717) is 29.8 Å². The van der Waals surface area contributed by atoms with Gasteiger partial charge in [0.1, 0.15) is 48.3 Å². The van der Waals surface area contributed by atoms with Crippen molar-refractivity contribution in [2.75, 3.05) is 85.7 Å². The molecule has 29 heteroatoms. The molecule has 7 rings (SSSR count). The lowest BCUT2D eigenvalue weighted by atomic mass is 9.85. The van der Waals surface area contributed by atoms with E-state index in [2.05, 4.69) is 45.0 Å². The van der Waals surface area contributed by atoms with E-state index >= 15 is 0 Å². The van der Waals surface area contributed by atoms with Gasteiger partial charge in [0.25, 0.3) is 0 Å². The van der Waals surface area contributed by atoms with Gasteiger partial charge < -0.3 is 60.1 Å². The second-order valence-electron chi connectivity index (χ2n) is 20.9. The van der Waals surface area contributed by atoms with Crippen molar-refractivity contribution in [1.29, 1.82) is 0 Å². The van der Waals surface area contributed by atoms with Crippen molar-refractivity contribution in [3.05, 3.63) is 104 Å². The molecule has 0 bridgehead atoms. The van der Waals surface area contributed by atoms with E-state index in [-0.39, 0.29) is 97.8 Å². The second-order valence-corrected chi connectivity index (χ2v) is 23.4. The molecule has 4 atom stereocenters. The van der Waals surface area contributed by atoms with E-state index in [1.165, 1.54) is 4.90 Å². The monoisotopic (exact) mass is 1260 g/mol. The number of alkyl halides is 3. The number of aliphatic imine (C=N–C) groups is 1. The van der Waals surface area contributed by atoms with E-state index < -0.39 is 65.5 Å². The number of amides is 4. The predicted octanol–water partition coefficient (Wildman–Crippen LogP) is 5.77. The predicted molar refractivity (Wildman–Crippen MR) is 313 cm³/mol. The number of thiazole rings is 1. The molecule has 468 valence electrons. The number of aromatic nitrogens is 4. The third kappa shape index (κ3) is 19.6. The fourth-order valence-electron chi connectivity index (χ4n) is 8.98. The minimum absolute atomic E-state index is 0.0367. The molecule has 2 aromatic carbocycles. The van der Waals surface area contributed by atoms with Crippen molar-refractivity contribution in [1.82, 2.24) is 40.6 Å². The minimum atomic E-state index is -5.08. The molecule has 0 unspecified atom stereocenters. The fourth-order valence-corrected chi connectivity index (χ4v) is 11.1. The summed E-state index contributed by atoms with van der Waals surface area (Å²) < 4.78 is 67.1. The van der Waals surface area contributed by atoms with Crippen LogP contribution >= 0.6 is 34.3 Å². The summed E-state index contributed by atoms with van der Waals surface area (Å²) in [5.74, 6) is -3.83. The lowest BCUT2D eigenvalue weighted by Crippen LogP contribution is -2.58. The first kappa shape index (κ1) is 68.4. The third-order valence-electron chi connectivity index (χ3n) is 13.4. The highest BCUT2D eigenvalue weighted by Crippen LogP contribution is 2.40. The van der Waals surface area contributed by atoms with Crippen LogP contribution in [0.2, 0.25) is 5.02 Å². The zero-order valence-corrected chi connectivity index (χ0v) is 51.1. The highest BCUT2D eigenvalue weighted by molar-refractivity contribution is 7.15. The molecule has 2 aliphatic heterocycles. The number of nitrogens with zero attached hydrogens (tertiary/aromatic N) is 6. The average molecular weight is 1260 g/mol. The number of nitrogens with one attached hydrogen (secondary N) is 3. The molecule has 1 fully saturated rings. The number of esters is 1. The van der Waals surface area contributed by atoms with Crippen LogP contribution in [0, 0.1) is 33.1 Å². The smallest absolute Gasteiger partial charge is 0.475 e. The van der Waals surface area contributed by atoms with Crippen molar-refractivity contribution < 1.29 is 75.5 Å². The number of rotatable bonds is 28. The molecular weight excluding hydrogens is 1190 g/mol. The molecule has 6 N–H and O–H groups in total. The van der Waals surface area contributed by atoms with Gasteiger partial charge in [-0.3, -0.25) is 28.7 Å². The summed E-state index contributed by atoms with van der Waals surface area (Å²) in [7, 11) is 0. The first-order chi connectivity index (χ1) is 40.9. The zero-order valence-electron chi connectivity index (χ0n) is 48.8. The number of hydrogen-bond donors (Lipinski definition) is 5. The lowest BCUT2D eigenvalue weighted by molar-refractivity contribution is -0.192. The molecule has 4 amide bonds. The van der Waals surface area contributed by atoms with Gasteiger partial charge in [0, 0.05) is 47.1 Å². The molecule has 1 saturated heterocycles. The maximum atomic E-state index is 14.5. The summed E-state index contributed by atoms with van der Waals surface area (Å²) in [5.41, 5.74) is 13.0. The molecular formula is C57H72ClF3N10O13S2. The normalized spacial score (nSPS) is 16.0. The van der Waals surface area contributed by atoms with E-state index in [0.717, 1.165) is 54.0 Å². The number of ether oxygens (including phenoxy) is 6. The van der Waals surface area contributed by atoms with Crippen LogP contribution in [0.15, 0.2) is 59.0 Å². The summed E-state index contributed by atoms with van der Waals surface area (Å²) in [6, 6.07) is 12.6. The SMILES string of the molecule is Cc1ncsc1-c1ccc(CNC(=O)[C@@H]2C[C@@H](OC(=O)COCCOCCN)CN2C(=O)[C@@H](NC(=O)COCCOCCOCCNC(=O)C[C@@H]2N=C(c3ccc(Cl)cc3)c3c(sc(C)c3C)-n3c(C)nnc32)C(C)(C)C)cc1.O=C(O)C(F)(F)F. The molecule has 0 spiro atoms. The standard InChI is InChI=1S/C55H71ClN10O11S2.C2HF3O2/c1-33-35(3)79-54-47(33)48(38-12-14-40(56)15-13-38)61-42(51-64-63-36(4)66(51)54)27-44(67)58-17-19-73-20-21-74-23-24-75-30-45(68)62-50(55(5,6)7)53(71)65-29-41(77-46(69)31-76-25-22-72-18-16-57)26-43(65)52(70)59-28-37-8-10-39(11-9-37)49-34(2)60-32-78-49;3-2(4,5)1(6)7/h8-15,32,41-43,50H,16-31,57H2,1-7H3,(H,58,67)(H,59,70)(H,62,68);(H,6,7)/t41-,42+,43+,50-;/m1./s1. The molecule has 2 aliphatic rings. The molecule has 23 nitrogen and oxygen atoms in total. The average Bonchev–Trinajstić information content (AvgIpc) is 1.66. The van der Waals surface area contributed by atoms with E-state index in [1.54, 1.807) is 49.0 Å². The van der Waals surface area contributed by atoms with Crippen LogP contribution in [0.5, 0.6) is 0 Å². The van der Waals surface area contributed by atoms with Gasteiger partial charge in [-0.15, -0.1) is 32.9 Å². The number of aliphatic carboxylic acids is 1.